The summed E-state index contributed by atoms with van der Waals surface area (Å²) in [6, 6.07) is 0.655. The zero-order chi connectivity index (χ0) is 14.2. The number of aliphatic hydroxyl groups excluding tert-OH is 1. The van der Waals surface area contributed by atoms with Gasteiger partial charge < -0.3 is 19.9 Å². The zero-order valence-electron chi connectivity index (χ0n) is 12.9. The fraction of sp³-hybridized carbons (Fsp3) is 1.00. The first-order valence-corrected chi connectivity index (χ1v) is 8.38. The Bertz CT molecular complexity index is 242. The molecule has 4 heteroatoms. The van der Waals surface area contributed by atoms with Crippen LogP contribution in [0.3, 0.4) is 0 Å². The lowest BCUT2D eigenvalue weighted by Gasteiger charge is -2.20. The summed E-state index contributed by atoms with van der Waals surface area (Å²) >= 11 is 0. The fourth-order valence-electron chi connectivity index (χ4n) is 2.65. The molecule has 0 saturated heterocycles. The molecule has 2 fully saturated rings. The third-order valence-corrected chi connectivity index (χ3v) is 4.17. The molecule has 0 aromatic carbocycles. The molecule has 1 unspecified atom stereocenters. The van der Waals surface area contributed by atoms with Crippen LogP contribution in [0.15, 0.2) is 0 Å². The number of aliphatic hydroxyl groups is 1. The maximum absolute atomic E-state index is 9.91. The van der Waals surface area contributed by atoms with Gasteiger partial charge in [-0.2, -0.15) is 0 Å². The van der Waals surface area contributed by atoms with Crippen LogP contribution in [0.25, 0.3) is 0 Å². The van der Waals surface area contributed by atoms with E-state index < -0.39 is 6.10 Å². The van der Waals surface area contributed by atoms with Gasteiger partial charge in [0.2, 0.25) is 0 Å². The monoisotopic (exact) mass is 285 g/mol. The summed E-state index contributed by atoms with van der Waals surface area (Å²) in [5.41, 5.74) is 0. The molecule has 0 aromatic heterocycles. The van der Waals surface area contributed by atoms with E-state index in [1.807, 2.05) is 0 Å². The Labute approximate surface area is 123 Å². The Morgan fingerprint density at radius 2 is 1.70 bits per heavy atom. The number of unbranched alkanes of at least 4 members (excludes halogenated alkanes) is 1. The Kier molecular flexibility index (Phi) is 7.28. The van der Waals surface area contributed by atoms with Gasteiger partial charge in [0.1, 0.15) is 0 Å². The van der Waals surface area contributed by atoms with Gasteiger partial charge in [0.15, 0.2) is 0 Å². The van der Waals surface area contributed by atoms with Crippen molar-refractivity contribution < 1.29 is 14.6 Å². The van der Waals surface area contributed by atoms with Gasteiger partial charge in [0.05, 0.1) is 25.9 Å². The quantitative estimate of drug-likeness (QED) is 0.508. The molecule has 0 bridgehead atoms. The second kappa shape index (κ2) is 8.98. The van der Waals surface area contributed by atoms with Gasteiger partial charge in [-0.3, -0.25) is 0 Å². The average molecular weight is 285 g/mol. The summed E-state index contributed by atoms with van der Waals surface area (Å²) in [6.45, 7) is 5.25. The molecule has 0 heterocycles. The zero-order valence-corrected chi connectivity index (χ0v) is 12.9. The van der Waals surface area contributed by atoms with Crippen LogP contribution in [0.2, 0.25) is 0 Å². The lowest BCUT2D eigenvalue weighted by atomic mass is 10.1. The summed E-state index contributed by atoms with van der Waals surface area (Å²) in [6.07, 6.45) is 7.35. The normalized spacial score (nSPS) is 20.6. The second-order valence-electron chi connectivity index (χ2n) is 6.30. The standard InChI is InChI=1S/C16H31NO3/c1-2-3-8-19-9-10-20-12-15(18)11-17-16(13-4-5-13)14-6-7-14/h13-18H,2-12H2,1H3. The third kappa shape index (κ3) is 6.53. The van der Waals surface area contributed by atoms with E-state index in [-0.39, 0.29) is 0 Å². The summed E-state index contributed by atoms with van der Waals surface area (Å²) in [5, 5.41) is 13.5. The number of rotatable bonds is 13. The second-order valence-corrected chi connectivity index (χ2v) is 6.30. The lowest BCUT2D eigenvalue weighted by Crippen LogP contribution is -2.40. The molecule has 0 spiro atoms. The molecule has 2 aliphatic rings. The van der Waals surface area contributed by atoms with E-state index in [1.54, 1.807) is 0 Å². The number of ether oxygens (including phenoxy) is 2. The highest BCUT2D eigenvalue weighted by atomic mass is 16.5. The van der Waals surface area contributed by atoms with Crippen molar-refractivity contribution in [3.8, 4) is 0 Å². The van der Waals surface area contributed by atoms with E-state index in [0.29, 0.717) is 32.4 Å². The van der Waals surface area contributed by atoms with Gasteiger partial charge in [-0.25, -0.2) is 0 Å². The van der Waals surface area contributed by atoms with Crippen molar-refractivity contribution in [1.82, 2.24) is 5.32 Å². The molecule has 1 atom stereocenters. The molecule has 4 nitrogen and oxygen atoms in total. The van der Waals surface area contributed by atoms with Crippen molar-refractivity contribution in [2.75, 3.05) is 33.0 Å². The van der Waals surface area contributed by atoms with E-state index in [0.717, 1.165) is 31.3 Å². The van der Waals surface area contributed by atoms with Crippen LogP contribution in [-0.4, -0.2) is 50.2 Å². The number of hydrogen-bond acceptors (Lipinski definition) is 4. The molecule has 2 saturated carbocycles. The third-order valence-electron chi connectivity index (χ3n) is 4.17. The number of nitrogens with one attached hydrogen (secondary N) is 1. The van der Waals surface area contributed by atoms with Crippen LogP contribution in [0.5, 0.6) is 0 Å². The maximum Gasteiger partial charge on any atom is 0.0897 e. The van der Waals surface area contributed by atoms with Crippen molar-refractivity contribution in [3.05, 3.63) is 0 Å². The van der Waals surface area contributed by atoms with Crippen LogP contribution in [0.4, 0.5) is 0 Å². The summed E-state index contributed by atoms with van der Waals surface area (Å²) < 4.78 is 10.9. The molecular weight excluding hydrogens is 254 g/mol. The summed E-state index contributed by atoms with van der Waals surface area (Å²) in [4.78, 5) is 0. The lowest BCUT2D eigenvalue weighted by molar-refractivity contribution is 0.00281. The molecule has 2 rings (SSSR count). The fourth-order valence-corrected chi connectivity index (χ4v) is 2.65. The van der Waals surface area contributed by atoms with Gasteiger partial charge >= 0.3 is 0 Å². The molecule has 20 heavy (non-hydrogen) atoms. The van der Waals surface area contributed by atoms with E-state index in [4.69, 9.17) is 9.47 Å². The van der Waals surface area contributed by atoms with Crippen LogP contribution >= 0.6 is 0 Å². The summed E-state index contributed by atoms with van der Waals surface area (Å²) in [7, 11) is 0. The minimum atomic E-state index is -0.398. The van der Waals surface area contributed by atoms with E-state index in [1.165, 1.54) is 25.7 Å². The highest BCUT2D eigenvalue weighted by Crippen LogP contribution is 2.44. The van der Waals surface area contributed by atoms with Crippen molar-refractivity contribution >= 4 is 0 Å². The smallest absolute Gasteiger partial charge is 0.0897 e. The molecule has 2 aliphatic carbocycles. The summed E-state index contributed by atoms with van der Waals surface area (Å²) in [5.74, 6) is 1.75. The Hall–Kier alpha value is -0.160. The Morgan fingerprint density at radius 1 is 1.05 bits per heavy atom. The number of hydrogen-bond donors (Lipinski definition) is 2. The first kappa shape index (κ1) is 16.2. The maximum atomic E-state index is 9.91. The molecular formula is C16H31NO3. The largest absolute Gasteiger partial charge is 0.389 e. The van der Waals surface area contributed by atoms with Crippen molar-refractivity contribution in [2.45, 2.75) is 57.6 Å². The van der Waals surface area contributed by atoms with Crippen LogP contribution < -0.4 is 5.32 Å². The average Bonchev–Trinajstić information content (AvgIpc) is 3.30. The molecule has 0 amide bonds. The van der Waals surface area contributed by atoms with Gasteiger partial charge in [0, 0.05) is 19.2 Å². The minimum absolute atomic E-state index is 0.398. The predicted octanol–water partition coefficient (Wildman–Crippen LogP) is 1.96. The van der Waals surface area contributed by atoms with E-state index in [9.17, 15) is 5.11 Å². The van der Waals surface area contributed by atoms with Gasteiger partial charge in [-0.05, 0) is 43.9 Å². The van der Waals surface area contributed by atoms with E-state index >= 15 is 0 Å². The van der Waals surface area contributed by atoms with E-state index in [2.05, 4.69) is 12.2 Å². The highest BCUT2D eigenvalue weighted by molar-refractivity contribution is 4.96. The molecule has 0 aromatic rings. The first-order chi connectivity index (χ1) is 9.81. The first-order valence-electron chi connectivity index (χ1n) is 8.38. The molecule has 118 valence electrons. The van der Waals surface area contributed by atoms with Crippen molar-refractivity contribution in [2.24, 2.45) is 11.8 Å². The van der Waals surface area contributed by atoms with Gasteiger partial charge in [0.25, 0.3) is 0 Å². The van der Waals surface area contributed by atoms with Crippen molar-refractivity contribution in [3.63, 3.8) is 0 Å². The Morgan fingerprint density at radius 3 is 2.30 bits per heavy atom. The van der Waals surface area contributed by atoms with Crippen molar-refractivity contribution in [1.29, 1.82) is 0 Å². The van der Waals surface area contributed by atoms with Gasteiger partial charge in [-0.15, -0.1) is 0 Å². The minimum Gasteiger partial charge on any atom is -0.389 e. The predicted molar refractivity (Wildman–Crippen MR) is 79.8 cm³/mol. The van der Waals surface area contributed by atoms with Crippen LogP contribution in [0, 0.1) is 11.8 Å². The Balaban J connectivity index is 1.42. The molecule has 0 radical (unpaired) electrons. The molecule has 2 N–H and O–H groups in total. The van der Waals surface area contributed by atoms with Crippen LogP contribution in [0.1, 0.15) is 45.4 Å². The van der Waals surface area contributed by atoms with Crippen LogP contribution in [-0.2, 0) is 9.47 Å². The van der Waals surface area contributed by atoms with Gasteiger partial charge in [-0.1, -0.05) is 13.3 Å². The topological polar surface area (TPSA) is 50.7 Å². The highest BCUT2D eigenvalue weighted by Gasteiger charge is 2.41. The molecule has 0 aliphatic heterocycles. The SMILES string of the molecule is CCCCOCCOCC(O)CNC(C1CC1)C1CC1.